The fraction of sp³-hybridized carbons (Fsp3) is 0.833. The van der Waals surface area contributed by atoms with E-state index < -0.39 is 0 Å². The molecule has 3 unspecified atom stereocenters. The first-order valence-corrected chi connectivity index (χ1v) is 8.39. The van der Waals surface area contributed by atoms with Gasteiger partial charge in [-0.15, -0.1) is 13.2 Å². The zero-order valence-electron chi connectivity index (χ0n) is 16.2. The van der Waals surface area contributed by atoms with Gasteiger partial charge in [0.1, 0.15) is 6.79 Å². The molecule has 0 amide bonds. The van der Waals surface area contributed by atoms with E-state index in [0.717, 1.165) is 38.8 Å². The van der Waals surface area contributed by atoms with Crippen LogP contribution in [0.1, 0.15) is 67.2 Å². The van der Waals surface area contributed by atoms with Crippen LogP contribution in [0.25, 0.3) is 0 Å². The number of nitrogens with one attached hydrogen (secondary N) is 1. The predicted octanol–water partition coefficient (Wildman–Crippen LogP) is 3.81. The Morgan fingerprint density at radius 1 is 1.14 bits per heavy atom. The molecule has 1 fully saturated rings. The molecule has 4 heteroatoms. The van der Waals surface area contributed by atoms with Crippen molar-refractivity contribution in [1.82, 2.24) is 5.32 Å². The fourth-order valence-electron chi connectivity index (χ4n) is 1.96. The minimum Gasteiger partial charge on any atom is -0.400 e. The molecular formula is C18H43NO3. The van der Waals surface area contributed by atoms with Crippen molar-refractivity contribution in [3.05, 3.63) is 13.2 Å². The Labute approximate surface area is 140 Å². The Balaban J connectivity index is -0.0000000822. The third kappa shape index (κ3) is 24.3. The molecule has 0 saturated carbocycles. The largest absolute Gasteiger partial charge is 0.400 e. The molecule has 3 N–H and O–H groups in total. The molecule has 0 aromatic rings. The Morgan fingerprint density at radius 3 is 1.82 bits per heavy atom. The van der Waals surface area contributed by atoms with Crippen LogP contribution in [-0.4, -0.2) is 42.8 Å². The van der Waals surface area contributed by atoms with Crippen molar-refractivity contribution in [1.29, 1.82) is 0 Å². The average molecular weight is 322 g/mol. The van der Waals surface area contributed by atoms with Gasteiger partial charge in [-0.3, -0.25) is 0 Å². The first kappa shape index (κ1) is 33.0. The Bertz CT molecular complexity index is 155. The lowest BCUT2D eigenvalue weighted by molar-refractivity contribution is -0.0979. The van der Waals surface area contributed by atoms with Gasteiger partial charge in [0, 0.05) is 13.2 Å². The van der Waals surface area contributed by atoms with Crippen molar-refractivity contribution >= 4 is 6.79 Å². The highest BCUT2D eigenvalue weighted by atomic mass is 16.3. The molecule has 22 heavy (non-hydrogen) atoms. The van der Waals surface area contributed by atoms with Gasteiger partial charge >= 0.3 is 0 Å². The first-order chi connectivity index (χ1) is 10.7. The minimum absolute atomic E-state index is 0.0898. The van der Waals surface area contributed by atoms with Crippen molar-refractivity contribution in [3.63, 3.8) is 0 Å². The second-order valence-electron chi connectivity index (χ2n) is 4.00. The van der Waals surface area contributed by atoms with Crippen LogP contribution in [0.4, 0.5) is 0 Å². The SMILES string of the molecule is C=C.C=O.CC.CC.CCCC(O)CC1NCCC1C.CO. The second-order valence-corrected chi connectivity index (χ2v) is 4.00. The molecule has 1 rings (SSSR count). The molecule has 0 aliphatic carbocycles. The van der Waals surface area contributed by atoms with Crippen LogP contribution >= 0.6 is 0 Å². The summed E-state index contributed by atoms with van der Waals surface area (Å²) in [7, 11) is 1.00. The maximum atomic E-state index is 9.59. The summed E-state index contributed by atoms with van der Waals surface area (Å²) in [6.07, 6.45) is 4.15. The lowest BCUT2D eigenvalue weighted by Gasteiger charge is -2.19. The van der Waals surface area contributed by atoms with E-state index in [4.69, 9.17) is 9.90 Å². The molecule has 1 heterocycles. The molecule has 1 saturated heterocycles. The summed E-state index contributed by atoms with van der Waals surface area (Å²) in [5, 5.41) is 20.0. The highest BCUT2D eigenvalue weighted by Crippen LogP contribution is 2.19. The molecule has 3 atom stereocenters. The van der Waals surface area contributed by atoms with Gasteiger partial charge in [0.2, 0.25) is 0 Å². The average Bonchev–Trinajstić information content (AvgIpc) is 3.02. The van der Waals surface area contributed by atoms with Gasteiger partial charge in [-0.05, 0) is 31.7 Å². The molecular weight excluding hydrogens is 278 g/mol. The standard InChI is InChI=1S/C10H21NO.2C2H6.C2H4.CH4O.CH2O/c1-3-4-9(12)7-10-8(2)5-6-11-10;5*1-2/h8-12H,3-7H2,1-2H3;2*1-2H3;1-2H2;2H,1H3;1H2. The Morgan fingerprint density at radius 2 is 1.55 bits per heavy atom. The van der Waals surface area contributed by atoms with Crippen LogP contribution in [0, 0.1) is 5.92 Å². The van der Waals surface area contributed by atoms with E-state index in [0.29, 0.717) is 6.04 Å². The number of aliphatic hydroxyl groups excluding tert-OH is 2. The zero-order valence-corrected chi connectivity index (χ0v) is 16.2. The first-order valence-electron chi connectivity index (χ1n) is 8.39. The highest BCUT2D eigenvalue weighted by molar-refractivity contribution is 5.10. The van der Waals surface area contributed by atoms with Gasteiger partial charge in [0.15, 0.2) is 0 Å². The van der Waals surface area contributed by atoms with Crippen molar-refractivity contribution in [2.45, 2.75) is 79.4 Å². The van der Waals surface area contributed by atoms with Crippen LogP contribution in [0.5, 0.6) is 0 Å². The van der Waals surface area contributed by atoms with Crippen LogP contribution in [-0.2, 0) is 4.79 Å². The Hall–Kier alpha value is -0.710. The molecule has 0 aromatic heterocycles. The number of rotatable bonds is 4. The summed E-state index contributed by atoms with van der Waals surface area (Å²) >= 11 is 0. The highest BCUT2D eigenvalue weighted by Gasteiger charge is 2.24. The topological polar surface area (TPSA) is 69.6 Å². The molecule has 1 aliphatic rings. The number of carbonyl (C=O) groups excluding carboxylic acids is 1. The van der Waals surface area contributed by atoms with Gasteiger partial charge in [-0.1, -0.05) is 48.0 Å². The smallest absolute Gasteiger partial charge is 0.106 e. The van der Waals surface area contributed by atoms with Gasteiger partial charge in [0.05, 0.1) is 6.10 Å². The Kier molecular flexibility index (Phi) is 55.5. The van der Waals surface area contributed by atoms with E-state index in [9.17, 15) is 5.11 Å². The maximum absolute atomic E-state index is 9.59. The molecule has 0 aromatic carbocycles. The minimum atomic E-state index is -0.0898. The van der Waals surface area contributed by atoms with Gasteiger partial charge < -0.3 is 20.3 Å². The third-order valence-electron chi connectivity index (χ3n) is 2.84. The van der Waals surface area contributed by atoms with E-state index in [2.05, 4.69) is 32.3 Å². The summed E-state index contributed by atoms with van der Waals surface area (Å²) in [5.41, 5.74) is 0. The van der Waals surface area contributed by atoms with E-state index >= 15 is 0 Å². The summed E-state index contributed by atoms with van der Waals surface area (Å²) in [6.45, 7) is 21.5. The van der Waals surface area contributed by atoms with Crippen LogP contribution in [0.2, 0.25) is 0 Å². The van der Waals surface area contributed by atoms with Gasteiger partial charge in [0.25, 0.3) is 0 Å². The number of carbonyl (C=O) groups is 1. The molecule has 0 spiro atoms. The van der Waals surface area contributed by atoms with Gasteiger partial charge in [-0.2, -0.15) is 0 Å². The van der Waals surface area contributed by atoms with Gasteiger partial charge in [-0.25, -0.2) is 0 Å². The van der Waals surface area contributed by atoms with E-state index in [1.165, 1.54) is 6.42 Å². The summed E-state index contributed by atoms with van der Waals surface area (Å²) in [5.74, 6) is 0.747. The van der Waals surface area contributed by atoms with Crippen LogP contribution in [0.3, 0.4) is 0 Å². The summed E-state index contributed by atoms with van der Waals surface area (Å²) in [6, 6.07) is 0.562. The molecule has 1 aliphatic heterocycles. The zero-order chi connectivity index (χ0) is 19.0. The number of hydrogen-bond donors (Lipinski definition) is 3. The van der Waals surface area contributed by atoms with E-state index in [1.807, 2.05) is 34.5 Å². The number of hydrogen-bond acceptors (Lipinski definition) is 4. The lowest BCUT2D eigenvalue weighted by Crippen LogP contribution is -2.30. The third-order valence-corrected chi connectivity index (χ3v) is 2.84. The van der Waals surface area contributed by atoms with Crippen LogP contribution < -0.4 is 5.32 Å². The lowest BCUT2D eigenvalue weighted by atomic mass is 9.96. The maximum Gasteiger partial charge on any atom is 0.106 e. The monoisotopic (exact) mass is 321 g/mol. The molecule has 0 radical (unpaired) electrons. The normalized spacial score (nSPS) is 18.8. The number of aliphatic hydroxyl groups is 2. The van der Waals surface area contributed by atoms with Crippen molar-refractivity contribution < 1.29 is 15.0 Å². The second kappa shape index (κ2) is 37.0. The quantitative estimate of drug-likeness (QED) is 0.689. The van der Waals surface area contributed by atoms with Crippen molar-refractivity contribution in [2.24, 2.45) is 5.92 Å². The predicted molar refractivity (Wildman–Crippen MR) is 100 cm³/mol. The van der Waals surface area contributed by atoms with E-state index in [-0.39, 0.29) is 6.10 Å². The van der Waals surface area contributed by atoms with E-state index in [1.54, 1.807) is 0 Å². The summed E-state index contributed by atoms with van der Waals surface area (Å²) in [4.78, 5) is 8.00. The molecule has 0 bridgehead atoms. The van der Waals surface area contributed by atoms with Crippen LogP contribution in [0.15, 0.2) is 13.2 Å². The molecule has 4 nitrogen and oxygen atoms in total. The fourth-order valence-corrected chi connectivity index (χ4v) is 1.96. The van der Waals surface area contributed by atoms with Crippen molar-refractivity contribution in [3.8, 4) is 0 Å². The van der Waals surface area contributed by atoms with Crippen molar-refractivity contribution in [2.75, 3.05) is 13.7 Å². The summed E-state index contributed by atoms with van der Waals surface area (Å²) < 4.78 is 0. The molecule has 138 valence electrons.